The summed E-state index contributed by atoms with van der Waals surface area (Å²) < 4.78 is 0. The second kappa shape index (κ2) is 2.95. The van der Waals surface area contributed by atoms with Crippen molar-refractivity contribution in [3.05, 3.63) is 0 Å². The van der Waals surface area contributed by atoms with Gasteiger partial charge in [-0.1, -0.05) is 13.8 Å². The average molecular weight is 157 g/mol. The van der Waals surface area contributed by atoms with Crippen molar-refractivity contribution >= 4 is 16.8 Å². The van der Waals surface area contributed by atoms with Gasteiger partial charge < -0.3 is 0 Å². The molecule has 0 spiro atoms. The summed E-state index contributed by atoms with van der Waals surface area (Å²) >= 11 is 1.90. The van der Waals surface area contributed by atoms with E-state index >= 15 is 0 Å². The molecule has 0 bridgehead atoms. The molecule has 0 N–H and O–H groups in total. The number of rotatable bonds is 1. The molecule has 0 saturated carbocycles. The number of hydrogen-bond acceptors (Lipinski definition) is 2. The summed E-state index contributed by atoms with van der Waals surface area (Å²) in [6, 6.07) is 0. The van der Waals surface area contributed by atoms with Gasteiger partial charge in [-0.15, -0.1) is 11.8 Å². The Balaban J connectivity index is 2.56. The van der Waals surface area contributed by atoms with Crippen molar-refractivity contribution in [1.82, 2.24) is 0 Å². The summed E-state index contributed by atoms with van der Waals surface area (Å²) in [5.41, 5.74) is 0.476. The van der Waals surface area contributed by atoms with E-state index in [1.807, 2.05) is 11.8 Å². The summed E-state index contributed by atoms with van der Waals surface area (Å²) in [7, 11) is 0. The fourth-order valence-corrected chi connectivity index (χ4v) is 1.89. The van der Waals surface area contributed by atoms with Crippen LogP contribution in [0.5, 0.6) is 0 Å². The molecule has 58 valence electrons. The van der Waals surface area contributed by atoms with Crippen LogP contribution in [0.1, 0.15) is 27.2 Å². The zero-order valence-electron chi connectivity index (χ0n) is 6.98. The highest BCUT2D eigenvalue weighted by molar-refractivity contribution is 8.13. The highest BCUT2D eigenvalue weighted by Crippen LogP contribution is 2.31. The van der Waals surface area contributed by atoms with Gasteiger partial charge in [0.15, 0.2) is 0 Å². The van der Waals surface area contributed by atoms with E-state index in [-0.39, 0.29) is 0 Å². The van der Waals surface area contributed by atoms with Crippen molar-refractivity contribution in [3.8, 4) is 0 Å². The van der Waals surface area contributed by atoms with Crippen LogP contribution in [0.3, 0.4) is 0 Å². The molecule has 2 heteroatoms. The van der Waals surface area contributed by atoms with Crippen LogP contribution in [0.25, 0.3) is 0 Å². The van der Waals surface area contributed by atoms with Crippen molar-refractivity contribution in [2.75, 3.05) is 12.3 Å². The molecule has 10 heavy (non-hydrogen) atoms. The first-order chi connectivity index (χ1) is 4.66. The van der Waals surface area contributed by atoms with E-state index in [9.17, 15) is 0 Å². The lowest BCUT2D eigenvalue weighted by Crippen LogP contribution is -2.26. The quantitative estimate of drug-likeness (QED) is 0.570. The van der Waals surface area contributed by atoms with Crippen LogP contribution in [-0.2, 0) is 0 Å². The molecule has 1 heterocycles. The zero-order chi connectivity index (χ0) is 7.61. The summed E-state index contributed by atoms with van der Waals surface area (Å²) in [6.45, 7) is 7.69. The third-order valence-electron chi connectivity index (χ3n) is 2.17. The van der Waals surface area contributed by atoms with Crippen molar-refractivity contribution in [2.45, 2.75) is 27.2 Å². The van der Waals surface area contributed by atoms with Gasteiger partial charge in [-0.2, -0.15) is 0 Å². The van der Waals surface area contributed by atoms with Gasteiger partial charge in [-0.05, 0) is 18.8 Å². The topological polar surface area (TPSA) is 12.4 Å². The molecular weight excluding hydrogens is 142 g/mol. The molecule has 1 nitrogen and oxygen atoms in total. The van der Waals surface area contributed by atoms with Crippen LogP contribution >= 0.6 is 11.8 Å². The predicted molar refractivity (Wildman–Crippen MR) is 48.8 cm³/mol. The largest absolute Gasteiger partial charge is 0.283 e. The first kappa shape index (κ1) is 8.12. The Labute approximate surface area is 67.3 Å². The van der Waals surface area contributed by atoms with Crippen LogP contribution in [0.2, 0.25) is 0 Å². The van der Waals surface area contributed by atoms with E-state index in [2.05, 4.69) is 25.8 Å². The Morgan fingerprint density at radius 1 is 1.70 bits per heavy atom. The highest BCUT2D eigenvalue weighted by atomic mass is 32.2. The second-order valence-corrected chi connectivity index (χ2v) is 4.46. The number of nitrogens with zero attached hydrogens (tertiary/aromatic N) is 1. The summed E-state index contributed by atoms with van der Waals surface area (Å²) in [5, 5.41) is 1.26. The molecule has 0 amide bonds. The van der Waals surface area contributed by atoms with Crippen molar-refractivity contribution in [1.29, 1.82) is 0 Å². The Hall–Kier alpha value is 0.0200. The van der Waals surface area contributed by atoms with Crippen molar-refractivity contribution in [2.24, 2.45) is 10.4 Å². The Bertz CT molecular complexity index is 153. The van der Waals surface area contributed by atoms with Gasteiger partial charge >= 0.3 is 0 Å². The smallest absolute Gasteiger partial charge is 0.0645 e. The molecular formula is C8H15NS. The van der Waals surface area contributed by atoms with Gasteiger partial charge in [0.05, 0.1) is 5.04 Å². The summed E-state index contributed by atoms with van der Waals surface area (Å²) in [5.74, 6) is 1.25. The summed E-state index contributed by atoms with van der Waals surface area (Å²) in [4.78, 5) is 4.43. The van der Waals surface area contributed by atoms with E-state index < -0.39 is 0 Å². The fraction of sp³-hybridized carbons (Fsp3) is 0.875. The normalized spacial score (nSPS) is 33.7. The molecule has 0 aromatic heterocycles. The molecule has 1 aliphatic rings. The van der Waals surface area contributed by atoms with Crippen LogP contribution in [0.15, 0.2) is 4.99 Å². The molecule has 0 aromatic carbocycles. The van der Waals surface area contributed by atoms with Gasteiger partial charge in [-0.3, -0.25) is 4.99 Å². The van der Waals surface area contributed by atoms with E-state index in [4.69, 9.17) is 0 Å². The SMILES string of the molecule is CCC1(C)CN=C(C)SC1. The van der Waals surface area contributed by atoms with Crippen LogP contribution < -0.4 is 0 Å². The zero-order valence-corrected chi connectivity index (χ0v) is 7.79. The minimum Gasteiger partial charge on any atom is -0.283 e. The second-order valence-electron chi connectivity index (χ2n) is 3.29. The fourth-order valence-electron chi connectivity index (χ4n) is 0.886. The van der Waals surface area contributed by atoms with E-state index in [0.717, 1.165) is 6.54 Å². The number of hydrogen-bond donors (Lipinski definition) is 0. The Kier molecular flexibility index (Phi) is 2.40. The maximum absolute atomic E-state index is 4.43. The average Bonchev–Trinajstić information content (AvgIpc) is 1.96. The van der Waals surface area contributed by atoms with E-state index in [0.29, 0.717) is 5.41 Å². The van der Waals surface area contributed by atoms with Crippen molar-refractivity contribution in [3.63, 3.8) is 0 Å². The minimum atomic E-state index is 0.476. The molecule has 1 aliphatic heterocycles. The van der Waals surface area contributed by atoms with Gasteiger partial charge in [0.2, 0.25) is 0 Å². The maximum Gasteiger partial charge on any atom is 0.0645 e. The van der Waals surface area contributed by atoms with Gasteiger partial charge in [0.1, 0.15) is 0 Å². The highest BCUT2D eigenvalue weighted by Gasteiger charge is 2.24. The molecule has 0 saturated heterocycles. The van der Waals surface area contributed by atoms with Gasteiger partial charge in [0.25, 0.3) is 0 Å². The lowest BCUT2D eigenvalue weighted by Gasteiger charge is -2.29. The Morgan fingerprint density at radius 3 is 2.80 bits per heavy atom. The first-order valence-corrected chi connectivity index (χ1v) is 4.79. The van der Waals surface area contributed by atoms with E-state index in [1.54, 1.807) is 0 Å². The van der Waals surface area contributed by atoms with Crippen LogP contribution in [0, 0.1) is 5.41 Å². The minimum absolute atomic E-state index is 0.476. The number of thioether (sulfide) groups is 1. The lowest BCUT2D eigenvalue weighted by atomic mass is 9.90. The lowest BCUT2D eigenvalue weighted by molar-refractivity contribution is 0.373. The van der Waals surface area contributed by atoms with Gasteiger partial charge in [-0.25, -0.2) is 0 Å². The van der Waals surface area contributed by atoms with Crippen LogP contribution in [0.4, 0.5) is 0 Å². The molecule has 0 aromatic rings. The van der Waals surface area contributed by atoms with Crippen LogP contribution in [-0.4, -0.2) is 17.3 Å². The molecule has 0 aliphatic carbocycles. The molecule has 0 radical (unpaired) electrons. The van der Waals surface area contributed by atoms with Gasteiger partial charge in [0, 0.05) is 12.3 Å². The van der Waals surface area contributed by atoms with E-state index in [1.165, 1.54) is 17.2 Å². The number of aliphatic imine (C=N–C) groups is 1. The standard InChI is InChI=1S/C8H15NS/c1-4-8(3)5-9-7(2)10-6-8/h4-6H2,1-3H3. The molecule has 1 unspecified atom stereocenters. The maximum atomic E-state index is 4.43. The molecule has 1 rings (SSSR count). The predicted octanol–water partition coefficient (Wildman–Crippen LogP) is 2.57. The van der Waals surface area contributed by atoms with Crippen molar-refractivity contribution < 1.29 is 0 Å². The Morgan fingerprint density at radius 2 is 2.40 bits per heavy atom. The summed E-state index contributed by atoms with van der Waals surface area (Å²) in [6.07, 6.45) is 1.25. The third-order valence-corrected chi connectivity index (χ3v) is 3.55. The first-order valence-electron chi connectivity index (χ1n) is 3.80. The molecule has 1 atom stereocenters. The third kappa shape index (κ3) is 1.75. The molecule has 0 fully saturated rings. The monoisotopic (exact) mass is 157 g/mol.